The molecule has 0 fully saturated rings. The van der Waals surface area contributed by atoms with Crippen molar-refractivity contribution in [1.29, 1.82) is 0 Å². The van der Waals surface area contributed by atoms with E-state index in [4.69, 9.17) is 10.7 Å². The van der Waals surface area contributed by atoms with Crippen molar-refractivity contribution in [2.45, 2.75) is 5.75 Å². The second-order valence-corrected chi connectivity index (χ2v) is 6.53. The molecule has 2 nitrogen and oxygen atoms in total. The Morgan fingerprint density at radius 2 is 1.53 bits per heavy atom. The fraction of sp³-hybridized carbons (Fsp3) is 0.0769. The van der Waals surface area contributed by atoms with Crippen LogP contribution in [-0.4, -0.2) is 8.42 Å². The molecule has 0 saturated heterocycles. The Kier molecular flexibility index (Phi) is 3.50. The smallest absolute Gasteiger partial charge is 0.212 e. The molecule has 0 aliphatic heterocycles. The lowest BCUT2D eigenvalue weighted by Crippen LogP contribution is -1.94. The maximum Gasteiger partial charge on any atom is 0.236 e. The average molecular weight is 267 g/mol. The lowest BCUT2D eigenvalue weighted by atomic mass is 10.0. The minimum atomic E-state index is -3.50. The van der Waals surface area contributed by atoms with Crippen molar-refractivity contribution in [3.05, 3.63) is 60.2 Å². The van der Waals surface area contributed by atoms with Crippen molar-refractivity contribution >= 4 is 19.7 Å². The normalized spacial score (nSPS) is 11.4. The van der Waals surface area contributed by atoms with Gasteiger partial charge in [0.25, 0.3) is 0 Å². The van der Waals surface area contributed by atoms with Crippen LogP contribution in [0.2, 0.25) is 0 Å². The summed E-state index contributed by atoms with van der Waals surface area (Å²) in [6, 6.07) is 17.2. The summed E-state index contributed by atoms with van der Waals surface area (Å²) in [6.07, 6.45) is 0. The highest BCUT2D eigenvalue weighted by Gasteiger charge is 2.07. The standard InChI is InChI=1S/C13H11ClO2S/c14-17(15,16)10-11-5-4-8-13(9-11)12-6-2-1-3-7-12/h1-9H,10H2. The van der Waals surface area contributed by atoms with E-state index in [1.165, 1.54) is 0 Å². The largest absolute Gasteiger partial charge is 0.236 e. The second-order valence-electron chi connectivity index (χ2n) is 3.75. The Morgan fingerprint density at radius 3 is 2.18 bits per heavy atom. The molecule has 0 heterocycles. The van der Waals surface area contributed by atoms with Crippen molar-refractivity contribution in [2.75, 3.05) is 0 Å². The highest BCUT2D eigenvalue weighted by atomic mass is 35.7. The summed E-state index contributed by atoms with van der Waals surface area (Å²) >= 11 is 0. The number of rotatable bonds is 3. The van der Waals surface area contributed by atoms with Crippen molar-refractivity contribution < 1.29 is 8.42 Å². The van der Waals surface area contributed by atoms with E-state index in [9.17, 15) is 8.42 Å². The van der Waals surface area contributed by atoms with Crippen LogP contribution in [0.4, 0.5) is 0 Å². The molecule has 0 aliphatic rings. The molecule has 0 saturated carbocycles. The SMILES string of the molecule is O=S(=O)(Cl)Cc1cccc(-c2ccccc2)c1. The fourth-order valence-corrected chi connectivity index (χ4v) is 2.63. The number of benzene rings is 2. The Hall–Kier alpha value is -1.32. The van der Waals surface area contributed by atoms with Gasteiger partial charge in [-0.25, -0.2) is 8.42 Å². The molecule has 4 heteroatoms. The van der Waals surface area contributed by atoms with Gasteiger partial charge in [-0.2, -0.15) is 0 Å². The van der Waals surface area contributed by atoms with Crippen LogP contribution in [0.3, 0.4) is 0 Å². The molecular formula is C13H11ClO2S. The molecular weight excluding hydrogens is 256 g/mol. The summed E-state index contributed by atoms with van der Waals surface area (Å²) in [7, 11) is 1.73. The highest BCUT2D eigenvalue weighted by molar-refractivity contribution is 8.13. The zero-order valence-corrected chi connectivity index (χ0v) is 10.6. The van der Waals surface area contributed by atoms with E-state index < -0.39 is 9.05 Å². The molecule has 88 valence electrons. The van der Waals surface area contributed by atoms with Gasteiger partial charge in [0.05, 0.1) is 5.75 Å². The molecule has 0 aliphatic carbocycles. The van der Waals surface area contributed by atoms with E-state index in [2.05, 4.69) is 0 Å². The zero-order valence-electron chi connectivity index (χ0n) is 9.01. The third-order valence-electron chi connectivity index (χ3n) is 2.37. The fourth-order valence-electron chi connectivity index (χ4n) is 1.67. The molecule has 0 radical (unpaired) electrons. The van der Waals surface area contributed by atoms with E-state index in [0.29, 0.717) is 5.56 Å². The van der Waals surface area contributed by atoms with Crippen LogP contribution in [-0.2, 0) is 14.8 Å². The summed E-state index contributed by atoms with van der Waals surface area (Å²) in [5, 5.41) is 0. The first-order valence-electron chi connectivity index (χ1n) is 5.11. The van der Waals surface area contributed by atoms with Gasteiger partial charge < -0.3 is 0 Å². The Bertz CT molecular complexity index is 606. The first-order valence-corrected chi connectivity index (χ1v) is 7.59. The van der Waals surface area contributed by atoms with Gasteiger partial charge in [0.2, 0.25) is 9.05 Å². The van der Waals surface area contributed by atoms with Crippen LogP contribution in [0.1, 0.15) is 5.56 Å². The summed E-state index contributed by atoms with van der Waals surface area (Å²) in [6.45, 7) is 0. The first kappa shape index (κ1) is 12.1. The monoisotopic (exact) mass is 266 g/mol. The molecule has 0 spiro atoms. The van der Waals surface area contributed by atoms with Gasteiger partial charge in [-0.05, 0) is 16.7 Å². The summed E-state index contributed by atoms with van der Waals surface area (Å²) in [4.78, 5) is 0. The van der Waals surface area contributed by atoms with Crippen LogP contribution >= 0.6 is 10.7 Å². The topological polar surface area (TPSA) is 34.1 Å². The van der Waals surface area contributed by atoms with E-state index >= 15 is 0 Å². The van der Waals surface area contributed by atoms with Crippen LogP contribution < -0.4 is 0 Å². The van der Waals surface area contributed by atoms with Crippen molar-refractivity contribution in [3.63, 3.8) is 0 Å². The lowest BCUT2D eigenvalue weighted by Gasteiger charge is -2.04. The number of hydrogen-bond acceptors (Lipinski definition) is 2. The van der Waals surface area contributed by atoms with Gasteiger partial charge in [0.1, 0.15) is 0 Å². The zero-order chi connectivity index (χ0) is 12.3. The van der Waals surface area contributed by atoms with E-state index in [0.717, 1.165) is 11.1 Å². The number of hydrogen-bond donors (Lipinski definition) is 0. The Labute approximate surface area is 105 Å². The van der Waals surface area contributed by atoms with Crippen molar-refractivity contribution in [1.82, 2.24) is 0 Å². The van der Waals surface area contributed by atoms with E-state index in [1.54, 1.807) is 6.07 Å². The third kappa shape index (κ3) is 3.58. The maximum absolute atomic E-state index is 11.0. The van der Waals surface area contributed by atoms with Crippen molar-refractivity contribution in [2.24, 2.45) is 0 Å². The average Bonchev–Trinajstić information content (AvgIpc) is 2.28. The second kappa shape index (κ2) is 4.90. The Balaban J connectivity index is 2.36. The van der Waals surface area contributed by atoms with Crippen LogP contribution in [0.25, 0.3) is 11.1 Å². The van der Waals surface area contributed by atoms with E-state index in [-0.39, 0.29) is 5.75 Å². The van der Waals surface area contributed by atoms with Gasteiger partial charge in [-0.3, -0.25) is 0 Å². The first-order chi connectivity index (χ1) is 8.04. The van der Waals surface area contributed by atoms with Gasteiger partial charge >= 0.3 is 0 Å². The lowest BCUT2D eigenvalue weighted by molar-refractivity contribution is 0.609. The molecule has 2 aromatic rings. The van der Waals surface area contributed by atoms with Gasteiger partial charge in [-0.1, -0.05) is 54.6 Å². The van der Waals surface area contributed by atoms with Crippen LogP contribution in [0.15, 0.2) is 54.6 Å². The molecule has 0 N–H and O–H groups in total. The van der Waals surface area contributed by atoms with Crippen LogP contribution in [0, 0.1) is 0 Å². The minimum absolute atomic E-state index is 0.144. The molecule has 0 atom stereocenters. The van der Waals surface area contributed by atoms with Crippen LogP contribution in [0.5, 0.6) is 0 Å². The summed E-state index contributed by atoms with van der Waals surface area (Å²) < 4.78 is 22.0. The number of halogens is 1. The van der Waals surface area contributed by atoms with Gasteiger partial charge in [0.15, 0.2) is 0 Å². The molecule has 0 unspecified atom stereocenters. The molecule has 0 aromatic heterocycles. The maximum atomic E-state index is 11.0. The molecule has 17 heavy (non-hydrogen) atoms. The molecule has 2 aromatic carbocycles. The molecule has 2 rings (SSSR count). The summed E-state index contributed by atoms with van der Waals surface area (Å²) in [5.41, 5.74) is 2.74. The highest BCUT2D eigenvalue weighted by Crippen LogP contribution is 2.21. The predicted molar refractivity (Wildman–Crippen MR) is 70.4 cm³/mol. The minimum Gasteiger partial charge on any atom is -0.212 e. The van der Waals surface area contributed by atoms with Crippen molar-refractivity contribution in [3.8, 4) is 11.1 Å². The third-order valence-corrected chi connectivity index (χ3v) is 3.38. The van der Waals surface area contributed by atoms with Gasteiger partial charge in [0, 0.05) is 10.7 Å². The molecule has 0 amide bonds. The Morgan fingerprint density at radius 1 is 0.882 bits per heavy atom. The quantitative estimate of drug-likeness (QED) is 0.798. The van der Waals surface area contributed by atoms with E-state index in [1.807, 2.05) is 48.5 Å². The van der Waals surface area contributed by atoms with Gasteiger partial charge in [-0.15, -0.1) is 0 Å². The molecule has 0 bridgehead atoms. The summed E-state index contributed by atoms with van der Waals surface area (Å²) in [5.74, 6) is -0.144. The predicted octanol–water partition coefficient (Wildman–Crippen LogP) is 3.42.